The molecule has 0 radical (unpaired) electrons. The van der Waals surface area contributed by atoms with Crippen molar-refractivity contribution in [1.29, 1.82) is 0 Å². The van der Waals surface area contributed by atoms with E-state index in [9.17, 15) is 9.59 Å². The molecule has 1 aromatic carbocycles. The van der Waals surface area contributed by atoms with Gasteiger partial charge in [0.15, 0.2) is 0 Å². The Hall–Kier alpha value is -2.30. The lowest BCUT2D eigenvalue weighted by Crippen LogP contribution is -2.30. The molecule has 0 spiro atoms. The first-order valence-corrected chi connectivity index (χ1v) is 7.76. The number of rotatable bonds is 5. The summed E-state index contributed by atoms with van der Waals surface area (Å²) in [5.74, 6) is 0.177. The lowest BCUT2D eigenvalue weighted by atomic mass is 10.1. The maximum Gasteiger partial charge on any atom is 0.251 e. The van der Waals surface area contributed by atoms with Crippen molar-refractivity contribution in [2.45, 2.75) is 19.3 Å². The Kier molecular flexibility index (Phi) is 4.13. The molecule has 2 aromatic rings. The zero-order valence-corrected chi connectivity index (χ0v) is 12.8. The quantitative estimate of drug-likeness (QED) is 0.858. The molecule has 1 saturated heterocycles. The van der Waals surface area contributed by atoms with Crippen LogP contribution in [0.25, 0.3) is 10.9 Å². The Morgan fingerprint density at radius 3 is 2.95 bits per heavy atom. The Morgan fingerprint density at radius 1 is 1.32 bits per heavy atom. The van der Waals surface area contributed by atoms with E-state index in [2.05, 4.69) is 5.32 Å². The molecule has 0 aliphatic carbocycles. The second-order valence-electron chi connectivity index (χ2n) is 5.79. The molecule has 1 fully saturated rings. The number of hydrogen-bond acceptors (Lipinski definition) is 2. The fraction of sp³-hybridized carbons (Fsp3) is 0.412. The van der Waals surface area contributed by atoms with Gasteiger partial charge in [0.2, 0.25) is 5.91 Å². The monoisotopic (exact) mass is 299 g/mol. The van der Waals surface area contributed by atoms with Crippen molar-refractivity contribution in [3.05, 3.63) is 36.0 Å². The van der Waals surface area contributed by atoms with Crippen LogP contribution >= 0.6 is 0 Å². The third-order valence-corrected chi connectivity index (χ3v) is 4.21. The molecule has 0 unspecified atom stereocenters. The summed E-state index contributed by atoms with van der Waals surface area (Å²) in [6, 6.07) is 7.76. The van der Waals surface area contributed by atoms with Gasteiger partial charge < -0.3 is 14.8 Å². The summed E-state index contributed by atoms with van der Waals surface area (Å²) in [7, 11) is 1.97. The normalized spacial score (nSPS) is 14.8. The number of aryl methyl sites for hydroxylation is 1. The van der Waals surface area contributed by atoms with E-state index >= 15 is 0 Å². The Bertz CT molecular complexity index is 705. The summed E-state index contributed by atoms with van der Waals surface area (Å²) in [5, 5.41) is 4.06. The molecular weight excluding hydrogens is 278 g/mol. The van der Waals surface area contributed by atoms with Gasteiger partial charge in [-0.2, -0.15) is 0 Å². The van der Waals surface area contributed by atoms with Crippen molar-refractivity contribution in [2.75, 3.05) is 19.6 Å². The summed E-state index contributed by atoms with van der Waals surface area (Å²) in [6.07, 6.45) is 4.41. The van der Waals surface area contributed by atoms with Gasteiger partial charge in [0.05, 0.1) is 0 Å². The molecule has 1 aliphatic rings. The van der Waals surface area contributed by atoms with Crippen LogP contribution < -0.4 is 5.32 Å². The van der Waals surface area contributed by atoms with Crippen molar-refractivity contribution in [3.63, 3.8) is 0 Å². The first-order chi connectivity index (χ1) is 10.6. The fourth-order valence-electron chi connectivity index (χ4n) is 2.92. The second kappa shape index (κ2) is 6.22. The number of nitrogens with zero attached hydrogens (tertiary/aromatic N) is 2. The van der Waals surface area contributed by atoms with E-state index in [1.54, 1.807) is 0 Å². The number of hydrogen-bond donors (Lipinski definition) is 1. The number of aromatic nitrogens is 1. The Labute approximate surface area is 129 Å². The van der Waals surface area contributed by atoms with Crippen LogP contribution in [0.4, 0.5) is 0 Å². The number of fused-ring (bicyclic) bond motifs is 1. The van der Waals surface area contributed by atoms with Gasteiger partial charge in [0.25, 0.3) is 5.91 Å². The molecule has 2 heterocycles. The molecule has 5 nitrogen and oxygen atoms in total. The third kappa shape index (κ3) is 2.98. The van der Waals surface area contributed by atoms with Gasteiger partial charge in [-0.25, -0.2) is 0 Å². The van der Waals surface area contributed by atoms with E-state index in [-0.39, 0.29) is 11.8 Å². The van der Waals surface area contributed by atoms with Crippen LogP contribution in [0, 0.1) is 0 Å². The zero-order chi connectivity index (χ0) is 15.5. The van der Waals surface area contributed by atoms with Gasteiger partial charge in [0.1, 0.15) is 0 Å². The van der Waals surface area contributed by atoms with E-state index in [0.717, 1.165) is 36.8 Å². The van der Waals surface area contributed by atoms with Crippen molar-refractivity contribution >= 4 is 22.7 Å². The van der Waals surface area contributed by atoms with Crippen LogP contribution in [0.5, 0.6) is 0 Å². The molecule has 0 saturated carbocycles. The molecule has 1 N–H and O–H groups in total. The predicted molar refractivity (Wildman–Crippen MR) is 85.7 cm³/mol. The summed E-state index contributed by atoms with van der Waals surface area (Å²) in [4.78, 5) is 25.5. The molecule has 0 bridgehead atoms. The number of likely N-dealkylation sites (tertiary alicyclic amines) is 1. The minimum Gasteiger partial charge on any atom is -0.352 e. The maximum atomic E-state index is 12.2. The highest BCUT2D eigenvalue weighted by Gasteiger charge is 2.19. The van der Waals surface area contributed by atoms with Crippen molar-refractivity contribution in [3.8, 4) is 0 Å². The van der Waals surface area contributed by atoms with E-state index in [0.29, 0.717) is 18.5 Å². The molecule has 5 heteroatoms. The van der Waals surface area contributed by atoms with Crippen LogP contribution in [-0.2, 0) is 11.8 Å². The summed E-state index contributed by atoms with van der Waals surface area (Å²) < 4.78 is 2.01. The van der Waals surface area contributed by atoms with Gasteiger partial charge in [0, 0.05) is 50.4 Å². The fourth-order valence-corrected chi connectivity index (χ4v) is 2.92. The lowest BCUT2D eigenvalue weighted by molar-refractivity contribution is -0.127. The van der Waals surface area contributed by atoms with Crippen LogP contribution in [-0.4, -0.2) is 40.9 Å². The standard InChI is InChI=1S/C17H21N3O2/c1-19-11-7-13-5-6-14(12-15(13)19)17(22)18-8-3-10-20-9-2-4-16(20)21/h5-7,11-12H,2-4,8-10H2,1H3,(H,18,22). The third-order valence-electron chi connectivity index (χ3n) is 4.21. The van der Waals surface area contributed by atoms with Crippen LogP contribution in [0.3, 0.4) is 0 Å². The smallest absolute Gasteiger partial charge is 0.251 e. The van der Waals surface area contributed by atoms with Crippen molar-refractivity contribution < 1.29 is 9.59 Å². The first-order valence-electron chi connectivity index (χ1n) is 7.76. The highest BCUT2D eigenvalue weighted by molar-refractivity contribution is 5.98. The topological polar surface area (TPSA) is 54.3 Å². The highest BCUT2D eigenvalue weighted by atomic mass is 16.2. The second-order valence-corrected chi connectivity index (χ2v) is 5.79. The van der Waals surface area contributed by atoms with Crippen molar-refractivity contribution in [2.24, 2.45) is 7.05 Å². The average molecular weight is 299 g/mol. The van der Waals surface area contributed by atoms with Gasteiger partial charge in [-0.05, 0) is 36.4 Å². The molecule has 2 amide bonds. The number of benzene rings is 1. The molecular formula is C17H21N3O2. The van der Waals surface area contributed by atoms with Crippen LogP contribution in [0.1, 0.15) is 29.6 Å². The van der Waals surface area contributed by atoms with E-state index < -0.39 is 0 Å². The molecule has 3 rings (SSSR count). The number of nitrogens with one attached hydrogen (secondary N) is 1. The summed E-state index contributed by atoms with van der Waals surface area (Å²) in [5.41, 5.74) is 1.72. The molecule has 1 aliphatic heterocycles. The zero-order valence-electron chi connectivity index (χ0n) is 12.8. The largest absolute Gasteiger partial charge is 0.352 e. The van der Waals surface area contributed by atoms with Crippen LogP contribution in [0.15, 0.2) is 30.5 Å². The predicted octanol–water partition coefficient (Wildman–Crippen LogP) is 1.92. The van der Waals surface area contributed by atoms with Crippen LogP contribution in [0.2, 0.25) is 0 Å². The molecule has 1 aromatic heterocycles. The summed E-state index contributed by atoms with van der Waals surface area (Å²) >= 11 is 0. The Balaban J connectivity index is 1.52. The highest BCUT2D eigenvalue weighted by Crippen LogP contribution is 2.16. The van der Waals surface area contributed by atoms with E-state index in [1.165, 1.54) is 0 Å². The maximum absolute atomic E-state index is 12.2. The SMILES string of the molecule is Cn1ccc2ccc(C(=O)NCCCN3CCCC3=O)cc21. The number of carbonyl (C=O) groups is 2. The van der Waals surface area contributed by atoms with E-state index in [1.807, 2.05) is 47.0 Å². The Morgan fingerprint density at radius 2 is 2.18 bits per heavy atom. The first kappa shape index (κ1) is 14.6. The molecule has 22 heavy (non-hydrogen) atoms. The van der Waals surface area contributed by atoms with E-state index in [4.69, 9.17) is 0 Å². The number of amides is 2. The van der Waals surface area contributed by atoms with Crippen molar-refractivity contribution in [1.82, 2.24) is 14.8 Å². The number of carbonyl (C=O) groups excluding carboxylic acids is 2. The minimum absolute atomic E-state index is 0.0594. The molecule has 0 atom stereocenters. The lowest BCUT2D eigenvalue weighted by Gasteiger charge is -2.15. The minimum atomic E-state index is -0.0594. The molecule has 116 valence electrons. The average Bonchev–Trinajstić information content (AvgIpc) is 3.10. The van der Waals surface area contributed by atoms with Gasteiger partial charge >= 0.3 is 0 Å². The van der Waals surface area contributed by atoms with Gasteiger partial charge in [-0.3, -0.25) is 9.59 Å². The summed E-state index contributed by atoms with van der Waals surface area (Å²) in [6.45, 7) is 2.18. The van der Waals surface area contributed by atoms with Gasteiger partial charge in [-0.15, -0.1) is 0 Å². The van der Waals surface area contributed by atoms with Gasteiger partial charge in [-0.1, -0.05) is 6.07 Å².